The van der Waals surface area contributed by atoms with E-state index in [2.05, 4.69) is 5.32 Å². The summed E-state index contributed by atoms with van der Waals surface area (Å²) in [6.07, 6.45) is 3.01. The van der Waals surface area contributed by atoms with Gasteiger partial charge in [-0.2, -0.15) is 5.26 Å². The molecule has 26 heavy (non-hydrogen) atoms. The third-order valence-corrected chi connectivity index (χ3v) is 3.58. The lowest BCUT2D eigenvalue weighted by Gasteiger charge is -2.14. The first-order valence-corrected chi connectivity index (χ1v) is 7.83. The lowest BCUT2D eigenvalue weighted by molar-refractivity contribution is -0.111. The zero-order valence-corrected chi connectivity index (χ0v) is 14.8. The molecule has 0 aliphatic rings. The van der Waals surface area contributed by atoms with Crippen molar-refractivity contribution in [2.24, 2.45) is 0 Å². The standard InChI is InChI=1S/C20H19N3O3/c1-23(2)20(25)16-9-10-18(26-3)17(12-16)22-19(24)11-8-14-4-6-15(13-21)7-5-14/h4-12H,1-3H3,(H,22,24)/b11-8+. The first-order valence-electron chi connectivity index (χ1n) is 7.83. The number of nitrogens with one attached hydrogen (secondary N) is 1. The van der Waals surface area contributed by atoms with E-state index < -0.39 is 0 Å². The first-order chi connectivity index (χ1) is 12.4. The molecule has 0 bridgehead atoms. The van der Waals surface area contributed by atoms with Crippen LogP contribution in [0.1, 0.15) is 21.5 Å². The van der Waals surface area contributed by atoms with Gasteiger partial charge >= 0.3 is 0 Å². The topological polar surface area (TPSA) is 82.4 Å². The molecular weight excluding hydrogens is 330 g/mol. The van der Waals surface area contributed by atoms with Crippen molar-refractivity contribution in [1.29, 1.82) is 5.26 Å². The van der Waals surface area contributed by atoms with Crippen LogP contribution in [0, 0.1) is 11.3 Å². The van der Waals surface area contributed by atoms with Crippen molar-refractivity contribution in [1.82, 2.24) is 4.90 Å². The van der Waals surface area contributed by atoms with E-state index in [1.807, 2.05) is 6.07 Å². The monoisotopic (exact) mass is 349 g/mol. The van der Waals surface area contributed by atoms with E-state index in [4.69, 9.17) is 10.00 Å². The maximum absolute atomic E-state index is 12.2. The zero-order valence-electron chi connectivity index (χ0n) is 14.8. The van der Waals surface area contributed by atoms with Crippen LogP contribution in [0.5, 0.6) is 5.75 Å². The fraction of sp³-hybridized carbons (Fsp3) is 0.150. The predicted molar refractivity (Wildman–Crippen MR) is 99.8 cm³/mol. The molecule has 6 heteroatoms. The van der Waals surface area contributed by atoms with Crippen molar-refractivity contribution in [3.05, 3.63) is 65.2 Å². The highest BCUT2D eigenvalue weighted by atomic mass is 16.5. The second kappa shape index (κ2) is 8.49. The summed E-state index contributed by atoms with van der Waals surface area (Å²) in [5, 5.41) is 11.5. The normalized spacial score (nSPS) is 10.2. The van der Waals surface area contributed by atoms with Gasteiger partial charge in [-0.3, -0.25) is 9.59 Å². The van der Waals surface area contributed by atoms with E-state index in [9.17, 15) is 9.59 Å². The number of carbonyl (C=O) groups is 2. The van der Waals surface area contributed by atoms with Gasteiger partial charge in [0.05, 0.1) is 24.4 Å². The third-order valence-electron chi connectivity index (χ3n) is 3.58. The SMILES string of the molecule is COc1ccc(C(=O)N(C)C)cc1NC(=O)/C=C/c1ccc(C#N)cc1. The molecule has 0 saturated heterocycles. The Morgan fingerprint density at radius 1 is 1.15 bits per heavy atom. The first kappa shape index (κ1) is 18.7. The Morgan fingerprint density at radius 3 is 2.42 bits per heavy atom. The number of amides is 2. The molecule has 2 aromatic carbocycles. The van der Waals surface area contributed by atoms with E-state index in [0.29, 0.717) is 22.6 Å². The molecule has 0 spiro atoms. The lowest BCUT2D eigenvalue weighted by atomic mass is 10.1. The summed E-state index contributed by atoms with van der Waals surface area (Å²) in [6, 6.07) is 13.7. The number of methoxy groups -OCH3 is 1. The lowest BCUT2D eigenvalue weighted by Crippen LogP contribution is -2.22. The molecule has 2 amide bonds. The Balaban J connectivity index is 2.16. The Bertz CT molecular complexity index is 878. The molecule has 0 heterocycles. The number of benzene rings is 2. The van der Waals surface area contributed by atoms with Crippen molar-refractivity contribution < 1.29 is 14.3 Å². The maximum Gasteiger partial charge on any atom is 0.253 e. The van der Waals surface area contributed by atoms with Crippen LogP contribution >= 0.6 is 0 Å². The van der Waals surface area contributed by atoms with Gasteiger partial charge in [0.25, 0.3) is 5.91 Å². The van der Waals surface area contributed by atoms with Crippen LogP contribution in [-0.4, -0.2) is 37.9 Å². The zero-order chi connectivity index (χ0) is 19.1. The van der Waals surface area contributed by atoms with Crippen LogP contribution < -0.4 is 10.1 Å². The number of nitriles is 1. The van der Waals surface area contributed by atoms with E-state index >= 15 is 0 Å². The Morgan fingerprint density at radius 2 is 1.85 bits per heavy atom. The van der Waals surface area contributed by atoms with Crippen LogP contribution in [0.2, 0.25) is 0 Å². The van der Waals surface area contributed by atoms with Crippen molar-refractivity contribution in [3.8, 4) is 11.8 Å². The molecule has 0 aliphatic carbocycles. The quantitative estimate of drug-likeness (QED) is 0.842. The summed E-state index contributed by atoms with van der Waals surface area (Å²) < 4.78 is 5.24. The summed E-state index contributed by atoms with van der Waals surface area (Å²) in [5.74, 6) is -0.0705. The molecule has 0 aromatic heterocycles. The highest BCUT2D eigenvalue weighted by Gasteiger charge is 2.12. The van der Waals surface area contributed by atoms with Gasteiger partial charge in [0.2, 0.25) is 5.91 Å². The van der Waals surface area contributed by atoms with Crippen LogP contribution in [0.15, 0.2) is 48.5 Å². The summed E-state index contributed by atoms with van der Waals surface area (Å²) in [4.78, 5) is 25.7. The molecule has 0 atom stereocenters. The van der Waals surface area contributed by atoms with Gasteiger partial charge in [0.15, 0.2) is 0 Å². The number of hydrogen-bond acceptors (Lipinski definition) is 4. The number of carbonyl (C=O) groups excluding carboxylic acids is 2. The van der Waals surface area contributed by atoms with Gasteiger partial charge < -0.3 is 15.0 Å². The van der Waals surface area contributed by atoms with Crippen LogP contribution in [0.3, 0.4) is 0 Å². The van der Waals surface area contributed by atoms with E-state index in [0.717, 1.165) is 5.56 Å². The summed E-state index contributed by atoms with van der Waals surface area (Å²) in [6.45, 7) is 0. The van der Waals surface area contributed by atoms with Gasteiger partial charge in [-0.05, 0) is 42.0 Å². The highest BCUT2D eigenvalue weighted by Crippen LogP contribution is 2.26. The second-order valence-electron chi connectivity index (χ2n) is 5.67. The average Bonchev–Trinajstić information content (AvgIpc) is 2.66. The molecule has 132 valence electrons. The number of anilines is 1. The predicted octanol–water partition coefficient (Wildman–Crippen LogP) is 2.92. The minimum atomic E-state index is -0.359. The fourth-order valence-corrected chi connectivity index (χ4v) is 2.21. The van der Waals surface area contributed by atoms with Gasteiger partial charge in [-0.1, -0.05) is 12.1 Å². The highest BCUT2D eigenvalue weighted by molar-refractivity contribution is 6.04. The molecule has 0 unspecified atom stereocenters. The Labute approximate surface area is 152 Å². The van der Waals surface area contributed by atoms with Gasteiger partial charge in [0, 0.05) is 25.7 Å². The van der Waals surface area contributed by atoms with Crippen molar-refractivity contribution >= 4 is 23.6 Å². The van der Waals surface area contributed by atoms with Gasteiger partial charge in [0.1, 0.15) is 5.75 Å². The van der Waals surface area contributed by atoms with E-state index in [1.165, 1.54) is 18.1 Å². The number of ether oxygens (including phenoxy) is 1. The van der Waals surface area contributed by atoms with Crippen LogP contribution in [0.4, 0.5) is 5.69 Å². The Hall–Kier alpha value is -3.59. The number of hydrogen-bond donors (Lipinski definition) is 1. The molecule has 2 aromatic rings. The molecule has 0 saturated carbocycles. The molecule has 2 rings (SSSR count). The van der Waals surface area contributed by atoms with Crippen molar-refractivity contribution in [2.45, 2.75) is 0 Å². The average molecular weight is 349 g/mol. The van der Waals surface area contributed by atoms with Crippen LogP contribution in [0.25, 0.3) is 6.08 Å². The number of rotatable bonds is 5. The molecule has 0 aliphatic heterocycles. The minimum Gasteiger partial charge on any atom is -0.495 e. The van der Waals surface area contributed by atoms with E-state index in [1.54, 1.807) is 62.6 Å². The van der Waals surface area contributed by atoms with Crippen LogP contribution in [-0.2, 0) is 4.79 Å². The molecule has 1 N–H and O–H groups in total. The van der Waals surface area contributed by atoms with E-state index in [-0.39, 0.29) is 11.8 Å². The molecule has 6 nitrogen and oxygen atoms in total. The maximum atomic E-state index is 12.2. The fourth-order valence-electron chi connectivity index (χ4n) is 2.21. The smallest absolute Gasteiger partial charge is 0.253 e. The largest absolute Gasteiger partial charge is 0.495 e. The Kier molecular flexibility index (Phi) is 6.12. The van der Waals surface area contributed by atoms with Gasteiger partial charge in [-0.25, -0.2) is 0 Å². The van der Waals surface area contributed by atoms with Gasteiger partial charge in [-0.15, -0.1) is 0 Å². The summed E-state index contributed by atoms with van der Waals surface area (Å²) in [7, 11) is 4.81. The van der Waals surface area contributed by atoms with Crippen molar-refractivity contribution in [2.75, 3.05) is 26.5 Å². The number of nitrogens with zero attached hydrogens (tertiary/aromatic N) is 2. The molecule has 0 radical (unpaired) electrons. The minimum absolute atomic E-state index is 0.170. The summed E-state index contributed by atoms with van der Waals surface area (Å²) in [5.41, 5.74) is 2.21. The summed E-state index contributed by atoms with van der Waals surface area (Å²) >= 11 is 0. The van der Waals surface area contributed by atoms with Crippen molar-refractivity contribution in [3.63, 3.8) is 0 Å². The molecular formula is C20H19N3O3. The second-order valence-corrected chi connectivity index (χ2v) is 5.67. The third kappa shape index (κ3) is 4.71. The molecule has 0 fully saturated rings.